The fourth-order valence-corrected chi connectivity index (χ4v) is 4.96. The van der Waals surface area contributed by atoms with E-state index in [0.717, 1.165) is 32.1 Å². The molecule has 1 amide bonds. The molecule has 0 radical (unpaired) electrons. The van der Waals surface area contributed by atoms with Crippen LogP contribution in [0.25, 0.3) is 0 Å². The van der Waals surface area contributed by atoms with Gasteiger partial charge in [0.25, 0.3) is 5.91 Å². The second-order valence-corrected chi connectivity index (χ2v) is 9.38. The van der Waals surface area contributed by atoms with Gasteiger partial charge in [-0.25, -0.2) is 8.42 Å². The molecule has 1 aliphatic heterocycles. The van der Waals surface area contributed by atoms with Gasteiger partial charge >= 0.3 is 5.97 Å². The molecule has 0 aromatic heterocycles. The van der Waals surface area contributed by atoms with Gasteiger partial charge in [0.15, 0.2) is 6.10 Å². The lowest BCUT2D eigenvalue weighted by Crippen LogP contribution is -2.40. The molecule has 0 spiro atoms. The number of morpholine rings is 1. The summed E-state index contributed by atoms with van der Waals surface area (Å²) in [6.07, 6.45) is 3.87. The van der Waals surface area contributed by atoms with Crippen LogP contribution < -0.4 is 5.32 Å². The summed E-state index contributed by atoms with van der Waals surface area (Å²) in [6.45, 7) is 2.94. The SMILES string of the molecule is CC(OC(=O)C1CCCCC1)C(=O)Nc1ccc(S(=O)(=O)N2CCOCC2)cc1. The van der Waals surface area contributed by atoms with Gasteiger partial charge in [-0.05, 0) is 44.0 Å². The number of sulfonamides is 1. The standard InChI is InChI=1S/C20H28N2O6S/c1-15(28-20(24)16-5-3-2-4-6-16)19(23)21-17-7-9-18(10-8-17)29(25,26)22-11-13-27-14-12-22/h7-10,15-16H,2-6,11-14H2,1H3,(H,21,23). The zero-order valence-electron chi connectivity index (χ0n) is 16.6. The molecule has 1 aromatic rings. The minimum absolute atomic E-state index is 0.122. The number of carbonyl (C=O) groups excluding carboxylic acids is 2. The molecule has 9 heteroatoms. The number of amides is 1. The number of nitrogens with zero attached hydrogens (tertiary/aromatic N) is 1. The number of nitrogens with one attached hydrogen (secondary N) is 1. The van der Waals surface area contributed by atoms with Crippen LogP contribution in [-0.4, -0.2) is 57.0 Å². The summed E-state index contributed by atoms with van der Waals surface area (Å²) >= 11 is 0. The predicted molar refractivity (Wildman–Crippen MR) is 107 cm³/mol. The quantitative estimate of drug-likeness (QED) is 0.702. The van der Waals surface area contributed by atoms with Crippen LogP contribution in [0.2, 0.25) is 0 Å². The minimum Gasteiger partial charge on any atom is -0.452 e. The highest BCUT2D eigenvalue weighted by molar-refractivity contribution is 7.89. The largest absolute Gasteiger partial charge is 0.452 e. The summed E-state index contributed by atoms with van der Waals surface area (Å²) in [6, 6.07) is 5.97. The molecule has 2 aliphatic rings. The molecule has 1 aromatic carbocycles. The van der Waals surface area contributed by atoms with E-state index in [9.17, 15) is 18.0 Å². The summed E-state index contributed by atoms with van der Waals surface area (Å²) < 4.78 is 37.1. The van der Waals surface area contributed by atoms with Crippen LogP contribution in [0.15, 0.2) is 29.2 Å². The van der Waals surface area contributed by atoms with Crippen LogP contribution in [0, 0.1) is 5.92 Å². The van der Waals surface area contributed by atoms with Gasteiger partial charge in [0, 0.05) is 18.8 Å². The number of ether oxygens (including phenoxy) is 2. The van der Waals surface area contributed by atoms with Crippen molar-refractivity contribution in [2.45, 2.75) is 50.0 Å². The van der Waals surface area contributed by atoms with Crippen molar-refractivity contribution >= 4 is 27.6 Å². The van der Waals surface area contributed by atoms with Gasteiger partial charge in [0.2, 0.25) is 10.0 Å². The molecule has 3 rings (SSSR count). The lowest BCUT2D eigenvalue weighted by Gasteiger charge is -2.26. The van der Waals surface area contributed by atoms with E-state index in [4.69, 9.17) is 9.47 Å². The molecular weight excluding hydrogens is 396 g/mol. The molecule has 8 nitrogen and oxygen atoms in total. The molecule has 1 saturated heterocycles. The van der Waals surface area contributed by atoms with Crippen molar-refractivity contribution in [1.29, 1.82) is 0 Å². The van der Waals surface area contributed by atoms with Gasteiger partial charge < -0.3 is 14.8 Å². The van der Waals surface area contributed by atoms with Gasteiger partial charge in [-0.1, -0.05) is 19.3 Å². The number of anilines is 1. The number of hydrogen-bond acceptors (Lipinski definition) is 6. The Balaban J connectivity index is 1.55. The lowest BCUT2D eigenvalue weighted by atomic mass is 9.89. The fraction of sp³-hybridized carbons (Fsp3) is 0.600. The van der Waals surface area contributed by atoms with Gasteiger partial charge in [-0.3, -0.25) is 9.59 Å². The number of carbonyl (C=O) groups is 2. The molecule has 1 unspecified atom stereocenters. The van der Waals surface area contributed by atoms with Crippen molar-refractivity contribution in [3.05, 3.63) is 24.3 Å². The summed E-state index contributed by atoms with van der Waals surface area (Å²) in [5, 5.41) is 2.66. The van der Waals surface area contributed by atoms with Crippen molar-refractivity contribution in [2.75, 3.05) is 31.6 Å². The molecule has 160 valence electrons. The van der Waals surface area contributed by atoms with E-state index in [1.165, 1.54) is 35.5 Å². The Hall–Kier alpha value is -1.97. The lowest BCUT2D eigenvalue weighted by molar-refractivity contribution is -0.158. The van der Waals surface area contributed by atoms with Crippen LogP contribution in [-0.2, 0) is 29.1 Å². The van der Waals surface area contributed by atoms with Gasteiger partial charge in [-0.2, -0.15) is 4.31 Å². The van der Waals surface area contributed by atoms with Crippen molar-refractivity contribution in [2.24, 2.45) is 5.92 Å². The zero-order chi connectivity index (χ0) is 20.9. The molecule has 2 fully saturated rings. The highest BCUT2D eigenvalue weighted by Gasteiger charge is 2.28. The number of esters is 1. The van der Waals surface area contributed by atoms with Gasteiger partial charge in [0.05, 0.1) is 24.0 Å². The van der Waals surface area contributed by atoms with E-state index < -0.39 is 22.0 Å². The third-order valence-corrected chi connectivity index (χ3v) is 7.24. The summed E-state index contributed by atoms with van der Waals surface area (Å²) in [7, 11) is -3.58. The van der Waals surface area contributed by atoms with E-state index in [2.05, 4.69) is 5.32 Å². The van der Waals surface area contributed by atoms with Crippen molar-refractivity contribution in [3.8, 4) is 0 Å². The normalized spacial score (nSPS) is 20.0. The van der Waals surface area contributed by atoms with Crippen LogP contribution >= 0.6 is 0 Å². The smallest absolute Gasteiger partial charge is 0.309 e. The third-order valence-electron chi connectivity index (χ3n) is 5.33. The van der Waals surface area contributed by atoms with E-state index in [0.29, 0.717) is 32.0 Å². The molecule has 1 aliphatic carbocycles. The maximum absolute atomic E-state index is 12.6. The van der Waals surface area contributed by atoms with Crippen LogP contribution in [0.1, 0.15) is 39.0 Å². The second-order valence-electron chi connectivity index (χ2n) is 7.44. The van der Waals surface area contributed by atoms with Gasteiger partial charge in [0.1, 0.15) is 0 Å². The van der Waals surface area contributed by atoms with Gasteiger partial charge in [-0.15, -0.1) is 0 Å². The molecule has 1 heterocycles. The molecule has 1 atom stereocenters. The van der Waals surface area contributed by atoms with Crippen LogP contribution in [0.3, 0.4) is 0 Å². The Morgan fingerprint density at radius 3 is 2.34 bits per heavy atom. The second kappa shape index (κ2) is 9.69. The molecule has 1 saturated carbocycles. The average Bonchev–Trinajstić information content (AvgIpc) is 2.75. The average molecular weight is 425 g/mol. The maximum Gasteiger partial charge on any atom is 0.309 e. The first kappa shape index (κ1) is 21.7. The monoisotopic (exact) mass is 424 g/mol. The highest BCUT2D eigenvalue weighted by Crippen LogP contribution is 2.25. The number of benzene rings is 1. The van der Waals surface area contributed by atoms with Crippen molar-refractivity contribution < 1.29 is 27.5 Å². The summed E-state index contributed by atoms with van der Waals surface area (Å²) in [5.41, 5.74) is 0.441. The summed E-state index contributed by atoms with van der Waals surface area (Å²) in [5.74, 6) is -0.888. The topological polar surface area (TPSA) is 102 Å². The third kappa shape index (κ3) is 5.55. The highest BCUT2D eigenvalue weighted by atomic mass is 32.2. The fourth-order valence-electron chi connectivity index (χ4n) is 3.55. The first-order valence-electron chi connectivity index (χ1n) is 10.1. The Kier molecular flexibility index (Phi) is 7.26. The maximum atomic E-state index is 12.6. The van der Waals surface area contributed by atoms with Crippen molar-refractivity contribution in [1.82, 2.24) is 4.31 Å². The first-order valence-corrected chi connectivity index (χ1v) is 11.5. The van der Waals surface area contributed by atoms with E-state index in [1.54, 1.807) is 0 Å². The van der Waals surface area contributed by atoms with Crippen LogP contribution in [0.4, 0.5) is 5.69 Å². The van der Waals surface area contributed by atoms with E-state index in [-0.39, 0.29) is 16.8 Å². The van der Waals surface area contributed by atoms with Crippen molar-refractivity contribution in [3.63, 3.8) is 0 Å². The Labute approximate surface area is 171 Å². The van der Waals surface area contributed by atoms with E-state index in [1.807, 2.05) is 0 Å². The molecule has 1 N–H and O–H groups in total. The molecule has 0 bridgehead atoms. The number of hydrogen-bond donors (Lipinski definition) is 1. The molecule has 29 heavy (non-hydrogen) atoms. The van der Waals surface area contributed by atoms with E-state index >= 15 is 0 Å². The first-order chi connectivity index (χ1) is 13.9. The minimum atomic E-state index is -3.58. The predicted octanol–water partition coefficient (Wildman–Crippen LogP) is 2.16. The van der Waals surface area contributed by atoms with Crippen LogP contribution in [0.5, 0.6) is 0 Å². The Bertz CT molecular complexity index is 812. The number of rotatable bonds is 6. The Morgan fingerprint density at radius 2 is 1.72 bits per heavy atom. The summed E-state index contributed by atoms with van der Waals surface area (Å²) in [4.78, 5) is 24.7. The Morgan fingerprint density at radius 1 is 1.10 bits per heavy atom. The molecular formula is C20H28N2O6S. The zero-order valence-corrected chi connectivity index (χ0v) is 17.4.